The molecule has 24 heavy (non-hydrogen) atoms. The van der Waals surface area contributed by atoms with Gasteiger partial charge in [0.1, 0.15) is 0 Å². The minimum atomic E-state index is -0.607. The molecule has 1 saturated heterocycles. The fourth-order valence-corrected chi connectivity index (χ4v) is 1.27. The quantitative estimate of drug-likeness (QED) is 0.221. The Hall–Kier alpha value is -0.0736. The second-order valence-corrected chi connectivity index (χ2v) is 4.18. The van der Waals surface area contributed by atoms with E-state index in [1.54, 1.807) is 6.92 Å². The maximum Gasteiger partial charge on any atom is 1.00 e. The first-order valence-corrected chi connectivity index (χ1v) is 7.64. The molecule has 0 bridgehead atoms. The molecule has 0 spiro atoms. The number of carbonyl (C=O) groups is 3. The number of nitrogens with two attached hydrogens (primary N) is 1. The molecule has 1 heterocycles. The van der Waals surface area contributed by atoms with Crippen molar-refractivity contribution in [1.82, 2.24) is 21.0 Å². The van der Waals surface area contributed by atoms with Crippen LogP contribution in [0.25, 0.3) is 0 Å². The average molecular weight is 374 g/mol. The van der Waals surface area contributed by atoms with Crippen molar-refractivity contribution in [1.29, 1.82) is 0 Å². The van der Waals surface area contributed by atoms with Gasteiger partial charge in [0, 0.05) is 13.1 Å². The normalized spacial score (nSPS) is 19.2. The standard InChI is InChI=1S/C7H12N3O3.C4H11N.C2H6.CH3NO.K/c1-4-6(10(4)13)7(12)9-3-5(11)8-2;1-3-4-5-2;1-2;2-1-3;/h4,6H,3H2,1-2H3,(H,8,11)(H,9,12);5H,3-4H2,1-2H3;1-2H3;1H,(H2,2,3);/q-1;;;;+1. The Kier molecular flexibility index (Phi) is 30.3. The van der Waals surface area contributed by atoms with Gasteiger partial charge in [0.15, 0.2) is 0 Å². The summed E-state index contributed by atoms with van der Waals surface area (Å²) in [6, 6.07) is -0.866. The molecule has 0 aromatic rings. The van der Waals surface area contributed by atoms with Crippen LogP contribution in [0.1, 0.15) is 34.1 Å². The van der Waals surface area contributed by atoms with Crippen molar-refractivity contribution in [3.8, 4) is 0 Å². The summed E-state index contributed by atoms with van der Waals surface area (Å²) in [5, 5.41) is 19.2. The minimum Gasteiger partial charge on any atom is -0.784 e. The third-order valence-corrected chi connectivity index (χ3v) is 2.51. The molecule has 1 aliphatic rings. The maximum atomic E-state index is 11.1. The van der Waals surface area contributed by atoms with Crippen LogP contribution in [0, 0.1) is 5.21 Å². The van der Waals surface area contributed by atoms with E-state index < -0.39 is 6.04 Å². The maximum absolute atomic E-state index is 11.1. The molecule has 9 nitrogen and oxygen atoms in total. The van der Waals surface area contributed by atoms with Crippen molar-refractivity contribution in [3.05, 3.63) is 5.21 Å². The molecule has 0 aromatic heterocycles. The van der Waals surface area contributed by atoms with E-state index >= 15 is 0 Å². The van der Waals surface area contributed by atoms with Crippen molar-refractivity contribution >= 4 is 18.2 Å². The summed E-state index contributed by atoms with van der Waals surface area (Å²) < 4.78 is 0. The molecule has 3 atom stereocenters. The van der Waals surface area contributed by atoms with Gasteiger partial charge >= 0.3 is 51.4 Å². The Bertz CT molecular complexity index is 312. The minimum absolute atomic E-state index is 0. The van der Waals surface area contributed by atoms with Gasteiger partial charge < -0.3 is 32.0 Å². The van der Waals surface area contributed by atoms with Crippen molar-refractivity contribution in [2.24, 2.45) is 5.73 Å². The molecular formula is C14H32KN5O4. The fraction of sp³-hybridized carbons (Fsp3) is 0.786. The number of hydrogen-bond acceptors (Lipinski definition) is 6. The number of hydroxylamine groups is 2. The van der Waals surface area contributed by atoms with Gasteiger partial charge in [-0.2, -0.15) is 0 Å². The molecule has 0 saturated carbocycles. The van der Waals surface area contributed by atoms with E-state index in [4.69, 9.17) is 4.79 Å². The van der Waals surface area contributed by atoms with Gasteiger partial charge in [-0.25, -0.2) is 0 Å². The Morgan fingerprint density at radius 1 is 1.29 bits per heavy atom. The number of primary amides is 1. The van der Waals surface area contributed by atoms with Crippen LogP contribution in [-0.2, 0) is 14.4 Å². The molecular weight excluding hydrogens is 341 g/mol. The van der Waals surface area contributed by atoms with Gasteiger partial charge in [-0.15, -0.1) is 0 Å². The molecule has 3 unspecified atom stereocenters. The predicted octanol–water partition coefficient (Wildman–Crippen LogP) is -3.83. The van der Waals surface area contributed by atoms with Crippen LogP contribution in [0.2, 0.25) is 0 Å². The molecule has 138 valence electrons. The third kappa shape index (κ3) is 18.3. The second-order valence-electron chi connectivity index (χ2n) is 4.18. The van der Waals surface area contributed by atoms with E-state index in [0.29, 0.717) is 5.06 Å². The van der Waals surface area contributed by atoms with Gasteiger partial charge in [-0.3, -0.25) is 14.4 Å². The zero-order valence-corrected chi connectivity index (χ0v) is 19.1. The number of rotatable bonds is 5. The summed E-state index contributed by atoms with van der Waals surface area (Å²) in [6.07, 6.45) is 1.48. The van der Waals surface area contributed by atoms with Crippen molar-refractivity contribution in [2.45, 2.75) is 46.2 Å². The fourth-order valence-electron chi connectivity index (χ4n) is 1.27. The summed E-state index contributed by atoms with van der Waals surface area (Å²) in [5.41, 5.74) is 4.17. The SMILES string of the molecule is CC.CCCNC.CNC(=O)CNC(=O)C1C(C)N1[O-].NC=O.[K+]. The molecule has 1 fully saturated rings. The first-order chi connectivity index (χ1) is 10.9. The van der Waals surface area contributed by atoms with Crippen LogP contribution in [0.4, 0.5) is 0 Å². The van der Waals surface area contributed by atoms with Gasteiger partial charge in [0.2, 0.25) is 18.2 Å². The Morgan fingerprint density at radius 2 is 1.71 bits per heavy atom. The van der Waals surface area contributed by atoms with Crippen molar-refractivity contribution < 1.29 is 65.8 Å². The first kappa shape index (κ1) is 31.7. The smallest absolute Gasteiger partial charge is 0.784 e. The zero-order valence-electron chi connectivity index (χ0n) is 16.0. The van der Waals surface area contributed by atoms with Crippen LogP contribution in [0.15, 0.2) is 0 Å². The van der Waals surface area contributed by atoms with Crippen LogP contribution in [-0.4, -0.2) is 62.6 Å². The van der Waals surface area contributed by atoms with Gasteiger partial charge in [-0.1, -0.05) is 20.8 Å². The third-order valence-electron chi connectivity index (χ3n) is 2.51. The summed E-state index contributed by atoms with van der Waals surface area (Å²) in [6.45, 7) is 8.88. The van der Waals surface area contributed by atoms with Gasteiger partial charge in [-0.05, 0) is 26.9 Å². The molecule has 5 N–H and O–H groups in total. The van der Waals surface area contributed by atoms with Crippen LogP contribution in [0.3, 0.4) is 0 Å². The number of amides is 3. The van der Waals surface area contributed by atoms with Crippen LogP contribution in [0.5, 0.6) is 0 Å². The first-order valence-electron chi connectivity index (χ1n) is 7.64. The predicted molar refractivity (Wildman–Crippen MR) is 91.3 cm³/mol. The van der Waals surface area contributed by atoms with Crippen LogP contribution >= 0.6 is 0 Å². The molecule has 10 heteroatoms. The van der Waals surface area contributed by atoms with E-state index in [1.165, 1.54) is 13.5 Å². The largest absolute Gasteiger partial charge is 1.00 e. The summed E-state index contributed by atoms with van der Waals surface area (Å²) >= 11 is 0. The number of hydrogen-bond donors (Lipinski definition) is 4. The molecule has 0 radical (unpaired) electrons. The number of likely N-dealkylation sites (N-methyl/N-ethyl adjacent to an activating group) is 1. The van der Waals surface area contributed by atoms with Crippen LogP contribution < -0.4 is 73.1 Å². The van der Waals surface area contributed by atoms with E-state index in [-0.39, 0.29) is 82.2 Å². The zero-order chi connectivity index (χ0) is 18.8. The summed E-state index contributed by atoms with van der Waals surface area (Å²) in [4.78, 5) is 30.4. The molecule has 0 aliphatic carbocycles. The van der Waals surface area contributed by atoms with E-state index in [1.807, 2.05) is 20.9 Å². The Balaban J connectivity index is -0.000000153. The summed E-state index contributed by atoms with van der Waals surface area (Å²) in [5.74, 6) is -0.662. The molecule has 3 amide bonds. The Labute approximate surface area is 187 Å². The van der Waals surface area contributed by atoms with E-state index in [9.17, 15) is 14.8 Å². The van der Waals surface area contributed by atoms with Crippen molar-refractivity contribution in [2.75, 3.05) is 27.2 Å². The van der Waals surface area contributed by atoms with E-state index in [0.717, 1.165) is 6.54 Å². The molecule has 0 aromatic carbocycles. The number of carbonyl (C=O) groups excluding carboxylic acids is 3. The monoisotopic (exact) mass is 373 g/mol. The van der Waals surface area contributed by atoms with Gasteiger partial charge in [0.25, 0.3) is 0 Å². The number of nitrogens with one attached hydrogen (secondary N) is 3. The Morgan fingerprint density at radius 3 is 1.92 bits per heavy atom. The van der Waals surface area contributed by atoms with Crippen molar-refractivity contribution in [3.63, 3.8) is 0 Å². The topological polar surface area (TPSA) is 139 Å². The summed E-state index contributed by atoms with van der Waals surface area (Å²) in [7, 11) is 3.44. The molecule has 1 rings (SSSR count). The molecule has 1 aliphatic heterocycles. The second kappa shape index (κ2) is 22.9. The van der Waals surface area contributed by atoms with Gasteiger partial charge in [0.05, 0.1) is 12.6 Å². The van der Waals surface area contributed by atoms with E-state index in [2.05, 4.69) is 28.6 Å². The number of nitrogens with zero attached hydrogens (tertiary/aromatic N) is 1. The average Bonchev–Trinajstić information content (AvgIpc) is 3.15.